The third-order valence-electron chi connectivity index (χ3n) is 4.09. The van der Waals surface area contributed by atoms with Crippen molar-refractivity contribution in [3.8, 4) is 17.1 Å². The Morgan fingerprint density at radius 1 is 1.08 bits per heavy atom. The van der Waals surface area contributed by atoms with E-state index in [1.165, 1.54) is 11.1 Å². The molecule has 1 aliphatic heterocycles. The Bertz CT molecular complexity index is 977. The van der Waals surface area contributed by atoms with E-state index in [0.717, 1.165) is 33.8 Å². The van der Waals surface area contributed by atoms with E-state index in [9.17, 15) is 0 Å². The maximum Gasteiger partial charge on any atom is 0.212 e. The van der Waals surface area contributed by atoms with Crippen LogP contribution in [0.1, 0.15) is 25.0 Å². The molecule has 5 nitrogen and oxygen atoms in total. The van der Waals surface area contributed by atoms with Crippen molar-refractivity contribution in [3.63, 3.8) is 0 Å². The van der Waals surface area contributed by atoms with E-state index in [2.05, 4.69) is 29.3 Å². The Labute approximate surface area is 157 Å². The lowest BCUT2D eigenvalue weighted by Gasteiger charge is -2.15. The fourth-order valence-corrected chi connectivity index (χ4v) is 3.74. The summed E-state index contributed by atoms with van der Waals surface area (Å²) in [5, 5.41) is 14.3. The van der Waals surface area contributed by atoms with Gasteiger partial charge in [-0.15, -0.1) is 10.2 Å². The van der Waals surface area contributed by atoms with Gasteiger partial charge in [0, 0.05) is 16.9 Å². The van der Waals surface area contributed by atoms with Gasteiger partial charge in [-0.25, -0.2) is 0 Å². The predicted molar refractivity (Wildman–Crippen MR) is 105 cm³/mol. The summed E-state index contributed by atoms with van der Waals surface area (Å²) < 4.78 is 7.64. The van der Waals surface area contributed by atoms with Crippen LogP contribution in [0.4, 0.5) is 0 Å². The molecule has 0 fully saturated rings. The predicted octanol–water partition coefficient (Wildman–Crippen LogP) is 4.40. The number of ether oxygens (including phenoxy) is 1. The van der Waals surface area contributed by atoms with E-state index >= 15 is 0 Å². The smallest absolute Gasteiger partial charge is 0.212 e. The number of rotatable bonds is 4. The van der Waals surface area contributed by atoms with Gasteiger partial charge in [-0.05, 0) is 38.5 Å². The monoisotopic (exact) mass is 364 g/mol. The summed E-state index contributed by atoms with van der Waals surface area (Å²) >= 11 is 1.66. The molecule has 0 radical (unpaired) electrons. The second-order valence-corrected chi connectivity index (χ2v) is 7.41. The Hall–Kier alpha value is -2.60. The lowest BCUT2D eigenvalue weighted by atomic mass is 10.1. The van der Waals surface area contributed by atoms with Crippen molar-refractivity contribution < 1.29 is 4.74 Å². The molecule has 2 aromatic carbocycles. The van der Waals surface area contributed by atoms with E-state index in [4.69, 9.17) is 9.84 Å². The third-order valence-corrected chi connectivity index (χ3v) is 5.02. The number of aromatic nitrogens is 3. The second kappa shape index (κ2) is 6.96. The summed E-state index contributed by atoms with van der Waals surface area (Å²) in [6.07, 6.45) is 0.124. The van der Waals surface area contributed by atoms with Crippen molar-refractivity contribution in [1.82, 2.24) is 14.9 Å². The summed E-state index contributed by atoms with van der Waals surface area (Å²) in [7, 11) is 0. The molecule has 3 aromatic rings. The molecule has 132 valence electrons. The number of thioether (sulfide) groups is 1. The number of hydrogen-bond acceptors (Lipinski definition) is 5. The van der Waals surface area contributed by atoms with Gasteiger partial charge in [0.1, 0.15) is 5.75 Å². The molecule has 0 saturated carbocycles. The topological polar surface area (TPSA) is 52.3 Å². The van der Waals surface area contributed by atoms with E-state index < -0.39 is 0 Å². The largest absolute Gasteiger partial charge is 0.491 e. The van der Waals surface area contributed by atoms with Crippen LogP contribution in [-0.2, 0) is 0 Å². The normalized spacial score (nSPS) is 13.5. The molecule has 2 heterocycles. The number of aryl methyl sites for hydroxylation is 1. The Morgan fingerprint density at radius 2 is 1.92 bits per heavy atom. The summed E-state index contributed by atoms with van der Waals surface area (Å²) in [4.78, 5) is 0. The fourth-order valence-electron chi connectivity index (χ4n) is 2.92. The third kappa shape index (κ3) is 3.24. The van der Waals surface area contributed by atoms with Gasteiger partial charge in [0.05, 0.1) is 11.8 Å². The van der Waals surface area contributed by atoms with Crippen LogP contribution >= 0.6 is 11.8 Å². The number of benzene rings is 2. The van der Waals surface area contributed by atoms with E-state index in [1.807, 2.05) is 54.9 Å². The van der Waals surface area contributed by atoms with Gasteiger partial charge in [-0.3, -0.25) is 0 Å². The summed E-state index contributed by atoms with van der Waals surface area (Å²) in [5.74, 6) is 2.34. The maximum atomic E-state index is 5.80. The second-order valence-electron chi connectivity index (χ2n) is 6.46. The summed E-state index contributed by atoms with van der Waals surface area (Å²) in [6.45, 7) is 6.14. The van der Waals surface area contributed by atoms with Crippen LogP contribution in [0.5, 0.6) is 5.75 Å². The minimum Gasteiger partial charge on any atom is -0.491 e. The molecule has 1 aliphatic rings. The van der Waals surface area contributed by atoms with Crippen molar-refractivity contribution in [2.24, 2.45) is 5.10 Å². The van der Waals surface area contributed by atoms with Crippen molar-refractivity contribution in [2.45, 2.75) is 32.0 Å². The first kappa shape index (κ1) is 16.8. The molecular weight excluding hydrogens is 344 g/mol. The molecule has 4 rings (SSSR count). The molecule has 0 unspecified atom stereocenters. The molecule has 0 saturated heterocycles. The molecule has 0 N–H and O–H groups in total. The first-order valence-electron chi connectivity index (χ1n) is 8.61. The highest BCUT2D eigenvalue weighted by atomic mass is 32.2. The van der Waals surface area contributed by atoms with Crippen molar-refractivity contribution in [2.75, 3.05) is 5.75 Å². The number of nitrogens with zero attached hydrogens (tertiary/aromatic N) is 4. The van der Waals surface area contributed by atoms with Gasteiger partial charge in [0.2, 0.25) is 5.16 Å². The lowest BCUT2D eigenvalue weighted by Crippen LogP contribution is -2.14. The van der Waals surface area contributed by atoms with Crippen LogP contribution in [0.2, 0.25) is 0 Å². The molecule has 0 amide bonds. The molecule has 0 bridgehead atoms. The lowest BCUT2D eigenvalue weighted by molar-refractivity contribution is 0.242. The maximum absolute atomic E-state index is 5.80. The zero-order valence-corrected chi connectivity index (χ0v) is 15.8. The zero-order valence-electron chi connectivity index (χ0n) is 15.0. The summed E-state index contributed by atoms with van der Waals surface area (Å²) in [5.41, 5.74) is 4.37. The van der Waals surface area contributed by atoms with Gasteiger partial charge < -0.3 is 4.74 Å². The highest BCUT2D eigenvalue weighted by Crippen LogP contribution is 2.30. The van der Waals surface area contributed by atoms with Crippen LogP contribution in [0, 0.1) is 6.92 Å². The standard InChI is InChI=1S/C20H20N4OS/c1-13(2)25-16-9-6-8-15(11-16)19-21-22-20-24(19)23-18(12-26-20)17-10-5-4-7-14(17)3/h4-11,13H,12H2,1-3H3. The molecule has 1 aromatic heterocycles. The number of hydrogen-bond donors (Lipinski definition) is 0. The van der Waals surface area contributed by atoms with Gasteiger partial charge in [0.25, 0.3) is 0 Å². The molecule has 0 aliphatic carbocycles. The Kier molecular flexibility index (Phi) is 4.51. The average molecular weight is 364 g/mol. The fraction of sp³-hybridized carbons (Fsp3) is 0.250. The summed E-state index contributed by atoms with van der Waals surface area (Å²) in [6, 6.07) is 16.2. The molecule has 6 heteroatoms. The van der Waals surface area contributed by atoms with Crippen LogP contribution in [-0.4, -0.2) is 32.4 Å². The van der Waals surface area contributed by atoms with Crippen LogP contribution in [0.15, 0.2) is 58.8 Å². The molecular formula is C20H20N4OS. The van der Waals surface area contributed by atoms with Crippen molar-refractivity contribution >= 4 is 17.5 Å². The van der Waals surface area contributed by atoms with Gasteiger partial charge >= 0.3 is 0 Å². The Balaban J connectivity index is 1.75. The van der Waals surface area contributed by atoms with Gasteiger partial charge in [0.15, 0.2) is 5.82 Å². The average Bonchev–Trinajstić information content (AvgIpc) is 3.05. The van der Waals surface area contributed by atoms with E-state index in [1.54, 1.807) is 11.8 Å². The van der Waals surface area contributed by atoms with Crippen LogP contribution in [0.3, 0.4) is 0 Å². The zero-order chi connectivity index (χ0) is 18.1. The van der Waals surface area contributed by atoms with E-state index in [-0.39, 0.29) is 6.10 Å². The quantitative estimate of drug-likeness (QED) is 0.688. The van der Waals surface area contributed by atoms with Gasteiger partial charge in [-0.2, -0.15) is 9.78 Å². The van der Waals surface area contributed by atoms with Crippen LogP contribution in [0.25, 0.3) is 11.4 Å². The minimum atomic E-state index is 0.124. The first-order valence-corrected chi connectivity index (χ1v) is 9.59. The first-order chi connectivity index (χ1) is 12.6. The molecule has 0 atom stereocenters. The van der Waals surface area contributed by atoms with Crippen LogP contribution < -0.4 is 4.74 Å². The van der Waals surface area contributed by atoms with Crippen molar-refractivity contribution in [3.05, 3.63) is 59.7 Å². The highest BCUT2D eigenvalue weighted by molar-refractivity contribution is 7.99. The SMILES string of the molecule is Cc1ccccc1C1=Nn2c(nnc2-c2cccc(OC(C)C)c2)SC1. The minimum absolute atomic E-state index is 0.124. The molecule has 26 heavy (non-hydrogen) atoms. The Morgan fingerprint density at radius 3 is 2.73 bits per heavy atom. The number of fused-ring (bicyclic) bond motifs is 1. The van der Waals surface area contributed by atoms with Crippen molar-refractivity contribution in [1.29, 1.82) is 0 Å². The highest BCUT2D eigenvalue weighted by Gasteiger charge is 2.21. The van der Waals surface area contributed by atoms with E-state index in [0.29, 0.717) is 0 Å². The molecule has 0 spiro atoms. The van der Waals surface area contributed by atoms with Gasteiger partial charge in [-0.1, -0.05) is 48.2 Å².